The Morgan fingerprint density at radius 2 is 1.85 bits per heavy atom. The van der Waals surface area contributed by atoms with Crippen molar-refractivity contribution in [1.82, 2.24) is 10.6 Å². The lowest BCUT2D eigenvalue weighted by molar-refractivity contribution is -0.182. The summed E-state index contributed by atoms with van der Waals surface area (Å²) < 4.78 is 5.73. The minimum atomic E-state index is -0.487. The van der Waals surface area contributed by atoms with Gasteiger partial charge in [0.2, 0.25) is 5.91 Å². The molecule has 8 nitrogen and oxygen atoms in total. The Morgan fingerprint density at radius 3 is 2.51 bits per heavy atom. The van der Waals surface area contributed by atoms with Crippen LogP contribution in [0.4, 0.5) is 4.79 Å². The van der Waals surface area contributed by atoms with Gasteiger partial charge in [-0.25, -0.2) is 4.79 Å². The number of carbonyl (C=O) groups excluding carboxylic acids is 3. The van der Waals surface area contributed by atoms with Gasteiger partial charge in [0.1, 0.15) is 17.6 Å². The molecule has 4 N–H and O–H groups in total. The van der Waals surface area contributed by atoms with E-state index in [1.54, 1.807) is 0 Å². The van der Waals surface area contributed by atoms with Crippen LogP contribution >= 0.6 is 0 Å². The maximum Gasteiger partial charge on any atom is 0.407 e. The lowest BCUT2D eigenvalue weighted by Crippen LogP contribution is -2.61. The highest BCUT2D eigenvalue weighted by Gasteiger charge is 2.66. The minimum Gasteiger partial charge on any atom is -0.511 e. The van der Waals surface area contributed by atoms with Crippen LogP contribution in [0, 0.1) is 46.3 Å². The molecular formula is C31H50N2O6. The van der Waals surface area contributed by atoms with Crippen molar-refractivity contribution in [3.63, 3.8) is 0 Å². The maximum atomic E-state index is 13.8. The Labute approximate surface area is 233 Å². The number of amides is 2. The van der Waals surface area contributed by atoms with Crippen LogP contribution in [0.15, 0.2) is 12.3 Å². The molecule has 39 heavy (non-hydrogen) atoms. The Hall–Kier alpha value is -2.09. The summed E-state index contributed by atoms with van der Waals surface area (Å²) >= 11 is 0. The molecule has 0 spiro atoms. The monoisotopic (exact) mass is 546 g/mol. The van der Waals surface area contributed by atoms with Crippen molar-refractivity contribution in [2.75, 3.05) is 6.54 Å². The van der Waals surface area contributed by atoms with E-state index in [1.807, 2.05) is 13.8 Å². The minimum absolute atomic E-state index is 0.0169. The van der Waals surface area contributed by atoms with Crippen molar-refractivity contribution >= 4 is 17.8 Å². The highest BCUT2D eigenvalue weighted by Crippen LogP contribution is 2.67. The average Bonchev–Trinajstić information content (AvgIpc) is 3.20. The zero-order valence-electron chi connectivity index (χ0n) is 24.5. The van der Waals surface area contributed by atoms with Crippen LogP contribution in [0.5, 0.6) is 0 Å². The molecule has 8 heteroatoms. The number of rotatable bonds is 8. The SMILES string of the molecule is C=C(O)CNC(=O)CC[C@@H](C)[C@H]1CC[C@H]2[C@@H]3C(=O)C[C@@H]4C[C@H](OC(=O)NC(C)C)CC[C@]4(C)[C@H]3C[C@H](O)[C@]12C. The highest BCUT2D eigenvalue weighted by molar-refractivity contribution is 5.83. The van der Waals surface area contributed by atoms with Crippen LogP contribution in [0.2, 0.25) is 0 Å². The average molecular weight is 547 g/mol. The fourth-order valence-corrected chi connectivity index (χ4v) is 9.21. The summed E-state index contributed by atoms with van der Waals surface area (Å²) in [5.41, 5.74) is -0.391. The van der Waals surface area contributed by atoms with E-state index in [9.17, 15) is 24.6 Å². The normalized spacial score (nSPS) is 40.2. The van der Waals surface area contributed by atoms with Crippen molar-refractivity contribution in [3.8, 4) is 0 Å². The first-order valence-corrected chi connectivity index (χ1v) is 15.1. The largest absolute Gasteiger partial charge is 0.511 e. The molecule has 0 aromatic rings. The zero-order chi connectivity index (χ0) is 28.7. The second-order valence-corrected chi connectivity index (χ2v) is 13.9. The molecule has 0 aromatic carbocycles. The van der Waals surface area contributed by atoms with E-state index in [2.05, 4.69) is 38.0 Å². The third kappa shape index (κ3) is 5.73. The Balaban J connectivity index is 1.44. The Bertz CT molecular complexity index is 967. The first-order valence-electron chi connectivity index (χ1n) is 15.1. The summed E-state index contributed by atoms with van der Waals surface area (Å²) in [6.07, 6.45) is 5.50. The number of nitrogens with one attached hydrogen (secondary N) is 2. The van der Waals surface area contributed by atoms with Crippen LogP contribution in [0.1, 0.15) is 92.4 Å². The van der Waals surface area contributed by atoms with E-state index in [4.69, 9.17) is 4.74 Å². The summed E-state index contributed by atoms with van der Waals surface area (Å²) in [6, 6.07) is 0.0169. The van der Waals surface area contributed by atoms with Crippen LogP contribution in [0.3, 0.4) is 0 Å². The number of ketones is 1. The molecule has 0 unspecified atom stereocenters. The van der Waals surface area contributed by atoms with E-state index in [-0.39, 0.29) is 82.8 Å². The number of Topliss-reactive ketones (excluding diaryl/α,β-unsaturated/α-hetero) is 1. The van der Waals surface area contributed by atoms with Gasteiger partial charge in [-0.05, 0) is 93.8 Å². The van der Waals surface area contributed by atoms with Crippen LogP contribution in [0.25, 0.3) is 0 Å². The van der Waals surface area contributed by atoms with Crippen molar-refractivity contribution in [3.05, 3.63) is 12.3 Å². The molecule has 4 aliphatic rings. The number of alkyl carbamates (subject to hydrolysis) is 1. The quantitative estimate of drug-likeness (QED) is 0.321. The van der Waals surface area contributed by atoms with Gasteiger partial charge in [0.15, 0.2) is 0 Å². The van der Waals surface area contributed by atoms with Gasteiger partial charge in [-0.2, -0.15) is 0 Å². The molecule has 220 valence electrons. The third-order valence-electron chi connectivity index (χ3n) is 11.3. The van der Waals surface area contributed by atoms with E-state index >= 15 is 0 Å². The second kappa shape index (κ2) is 11.4. The highest BCUT2D eigenvalue weighted by atomic mass is 16.6. The maximum absolute atomic E-state index is 13.8. The summed E-state index contributed by atoms with van der Waals surface area (Å²) in [7, 11) is 0. The van der Waals surface area contributed by atoms with Gasteiger partial charge < -0.3 is 25.6 Å². The number of hydrogen-bond acceptors (Lipinski definition) is 6. The van der Waals surface area contributed by atoms with E-state index in [1.165, 1.54) is 0 Å². The lowest BCUT2D eigenvalue weighted by Gasteiger charge is -2.61. The molecule has 0 radical (unpaired) electrons. The van der Waals surface area contributed by atoms with Gasteiger partial charge >= 0.3 is 6.09 Å². The van der Waals surface area contributed by atoms with Crippen molar-refractivity contribution in [1.29, 1.82) is 0 Å². The number of aliphatic hydroxyl groups excluding tert-OH is 2. The molecule has 10 atom stereocenters. The van der Waals surface area contributed by atoms with Crippen molar-refractivity contribution in [2.45, 2.75) is 111 Å². The number of fused-ring (bicyclic) bond motifs is 5. The van der Waals surface area contributed by atoms with Crippen molar-refractivity contribution < 1.29 is 29.3 Å². The van der Waals surface area contributed by atoms with E-state index in [0.717, 1.165) is 25.7 Å². The second-order valence-electron chi connectivity index (χ2n) is 13.9. The summed E-state index contributed by atoms with van der Waals surface area (Å²) in [6.45, 7) is 14.0. The smallest absolute Gasteiger partial charge is 0.407 e. The van der Waals surface area contributed by atoms with Gasteiger partial charge in [0, 0.05) is 30.2 Å². The fraction of sp³-hybridized carbons (Fsp3) is 0.839. The molecule has 4 fully saturated rings. The standard InChI is InChI=1S/C31H50N2O6/c1-17(2)33-29(38)39-21-11-12-30(5)20(13-21)14-25(35)28-23-9-8-22(31(23,6)26(36)15-24(28)30)18(3)7-10-27(37)32-16-19(4)34/h17-18,20-24,26,28,34,36H,4,7-16H2,1-3,5-6H3,(H,32,37)(H,33,38)/t18-,20+,21-,22-,23+,24+,26+,28+,30+,31-/m1/s1. The Morgan fingerprint density at radius 1 is 1.13 bits per heavy atom. The molecule has 0 aromatic heterocycles. The number of ether oxygens (including phenoxy) is 1. The summed E-state index contributed by atoms with van der Waals surface area (Å²) in [4.78, 5) is 38.3. The van der Waals surface area contributed by atoms with Gasteiger partial charge in [0.25, 0.3) is 0 Å². The molecule has 0 heterocycles. The molecule has 4 rings (SSSR count). The van der Waals surface area contributed by atoms with Gasteiger partial charge in [-0.15, -0.1) is 0 Å². The number of hydrogen-bond donors (Lipinski definition) is 4. The topological polar surface area (TPSA) is 125 Å². The van der Waals surface area contributed by atoms with Gasteiger partial charge in [0.05, 0.1) is 12.6 Å². The molecule has 4 aliphatic carbocycles. The van der Waals surface area contributed by atoms with Crippen molar-refractivity contribution in [2.24, 2.45) is 46.3 Å². The fourth-order valence-electron chi connectivity index (χ4n) is 9.21. The van der Waals surface area contributed by atoms with Crippen LogP contribution in [-0.4, -0.2) is 52.8 Å². The molecular weight excluding hydrogens is 496 g/mol. The number of aliphatic hydroxyl groups is 2. The molecule has 2 amide bonds. The van der Waals surface area contributed by atoms with Crippen LogP contribution in [-0.2, 0) is 14.3 Å². The molecule has 0 bridgehead atoms. The van der Waals surface area contributed by atoms with E-state index < -0.39 is 6.10 Å². The molecule has 4 saturated carbocycles. The Kier molecular flexibility index (Phi) is 8.75. The third-order valence-corrected chi connectivity index (χ3v) is 11.3. The number of carbonyl (C=O) groups is 3. The first-order chi connectivity index (χ1) is 18.3. The molecule has 0 saturated heterocycles. The summed E-state index contributed by atoms with van der Waals surface area (Å²) in [5, 5.41) is 26.5. The predicted molar refractivity (Wildman–Crippen MR) is 149 cm³/mol. The molecule has 0 aliphatic heterocycles. The first kappa shape index (κ1) is 29.9. The zero-order valence-corrected chi connectivity index (χ0v) is 24.5. The van der Waals surface area contributed by atoms with Crippen LogP contribution < -0.4 is 10.6 Å². The summed E-state index contributed by atoms with van der Waals surface area (Å²) in [5.74, 6) is 1.08. The lowest BCUT2D eigenvalue weighted by atomic mass is 9.43. The van der Waals surface area contributed by atoms with E-state index in [0.29, 0.717) is 37.9 Å². The van der Waals surface area contributed by atoms with Gasteiger partial charge in [-0.1, -0.05) is 27.4 Å². The predicted octanol–water partition coefficient (Wildman–Crippen LogP) is 4.90. The van der Waals surface area contributed by atoms with Gasteiger partial charge in [-0.3, -0.25) is 9.59 Å².